The summed E-state index contributed by atoms with van der Waals surface area (Å²) >= 11 is 0. The highest BCUT2D eigenvalue weighted by Crippen LogP contribution is 2.68. The van der Waals surface area contributed by atoms with Gasteiger partial charge in [-0.25, -0.2) is 8.78 Å². The summed E-state index contributed by atoms with van der Waals surface area (Å²) in [6.07, 6.45) is -1.52. The van der Waals surface area contributed by atoms with Gasteiger partial charge in [0.2, 0.25) is 0 Å². The van der Waals surface area contributed by atoms with Gasteiger partial charge in [0.05, 0.1) is 0 Å². The monoisotopic (exact) mass is 248 g/mol. The average Bonchev–Trinajstić information content (AvgIpc) is 2.95. The summed E-state index contributed by atoms with van der Waals surface area (Å²) in [5.41, 5.74) is -0.0339. The van der Waals surface area contributed by atoms with Crippen LogP contribution in [-0.4, -0.2) is 16.5 Å². The molecular formula is C11H12F4N2. The van der Waals surface area contributed by atoms with Crippen molar-refractivity contribution in [3.63, 3.8) is 0 Å². The molecule has 1 saturated carbocycles. The van der Waals surface area contributed by atoms with Gasteiger partial charge in [-0.3, -0.25) is 4.68 Å². The number of aryl methyl sites for hydroxylation is 1. The van der Waals surface area contributed by atoms with E-state index in [0.29, 0.717) is 6.42 Å². The summed E-state index contributed by atoms with van der Waals surface area (Å²) in [6, 6.07) is 0. The SMILES string of the molecule is CCn1nc(C(F)CF)c2c1C(F)(F)C1CC21. The van der Waals surface area contributed by atoms with Crippen LogP contribution in [0.2, 0.25) is 0 Å². The van der Waals surface area contributed by atoms with Gasteiger partial charge in [-0.05, 0) is 19.3 Å². The van der Waals surface area contributed by atoms with Gasteiger partial charge < -0.3 is 0 Å². The molecule has 1 aromatic heterocycles. The number of aromatic nitrogens is 2. The van der Waals surface area contributed by atoms with Crippen molar-refractivity contribution in [2.24, 2.45) is 5.92 Å². The molecule has 2 aliphatic carbocycles. The van der Waals surface area contributed by atoms with E-state index in [2.05, 4.69) is 5.10 Å². The van der Waals surface area contributed by atoms with E-state index in [9.17, 15) is 17.6 Å². The lowest BCUT2D eigenvalue weighted by Gasteiger charge is -2.14. The molecule has 2 nitrogen and oxygen atoms in total. The van der Waals surface area contributed by atoms with Crippen LogP contribution in [0.15, 0.2) is 0 Å². The van der Waals surface area contributed by atoms with Gasteiger partial charge in [0.25, 0.3) is 5.92 Å². The highest BCUT2D eigenvalue weighted by Gasteiger charge is 2.66. The summed E-state index contributed by atoms with van der Waals surface area (Å²) in [5, 5.41) is 3.82. The number of hydrogen-bond donors (Lipinski definition) is 0. The van der Waals surface area contributed by atoms with Crippen LogP contribution >= 0.6 is 0 Å². The van der Waals surface area contributed by atoms with Crippen LogP contribution in [0, 0.1) is 5.92 Å². The first-order valence-corrected chi connectivity index (χ1v) is 5.71. The lowest BCUT2D eigenvalue weighted by Crippen LogP contribution is -2.19. The van der Waals surface area contributed by atoms with Crippen LogP contribution in [0.5, 0.6) is 0 Å². The molecule has 1 aromatic rings. The normalized spacial score (nSPS) is 29.9. The van der Waals surface area contributed by atoms with Crippen molar-refractivity contribution in [2.45, 2.75) is 37.9 Å². The van der Waals surface area contributed by atoms with E-state index in [1.54, 1.807) is 6.92 Å². The molecule has 0 saturated heterocycles. The Labute approximate surface area is 95.6 Å². The second-order valence-corrected chi connectivity index (χ2v) is 4.66. The van der Waals surface area contributed by atoms with Gasteiger partial charge >= 0.3 is 0 Å². The maximum Gasteiger partial charge on any atom is 0.293 e. The van der Waals surface area contributed by atoms with E-state index < -0.39 is 24.7 Å². The van der Waals surface area contributed by atoms with Gasteiger partial charge in [-0.1, -0.05) is 0 Å². The topological polar surface area (TPSA) is 17.8 Å². The van der Waals surface area contributed by atoms with Crippen LogP contribution in [0.3, 0.4) is 0 Å². The highest BCUT2D eigenvalue weighted by molar-refractivity contribution is 5.46. The molecule has 3 atom stereocenters. The molecule has 0 aliphatic heterocycles. The Hall–Kier alpha value is -1.07. The third kappa shape index (κ3) is 1.24. The van der Waals surface area contributed by atoms with Crippen molar-refractivity contribution in [2.75, 3.05) is 6.67 Å². The zero-order valence-electron chi connectivity index (χ0n) is 9.26. The van der Waals surface area contributed by atoms with Gasteiger partial charge in [-0.15, -0.1) is 0 Å². The molecule has 17 heavy (non-hydrogen) atoms. The Bertz CT molecular complexity index is 468. The number of alkyl halides is 4. The Morgan fingerprint density at radius 3 is 2.82 bits per heavy atom. The molecule has 94 valence electrons. The van der Waals surface area contributed by atoms with Crippen LogP contribution in [0.1, 0.15) is 42.4 Å². The van der Waals surface area contributed by atoms with E-state index in [0.717, 1.165) is 4.68 Å². The fourth-order valence-corrected chi connectivity index (χ4v) is 2.84. The Balaban J connectivity index is 2.17. The van der Waals surface area contributed by atoms with Crippen molar-refractivity contribution in [3.05, 3.63) is 17.0 Å². The lowest BCUT2D eigenvalue weighted by atomic mass is 10.1. The van der Waals surface area contributed by atoms with Gasteiger partial charge in [0.1, 0.15) is 18.1 Å². The molecule has 1 fully saturated rings. The number of fused-ring (bicyclic) bond motifs is 3. The molecule has 0 amide bonds. The van der Waals surface area contributed by atoms with Crippen molar-refractivity contribution in [1.29, 1.82) is 0 Å². The molecule has 0 N–H and O–H groups in total. The zero-order valence-corrected chi connectivity index (χ0v) is 9.26. The van der Waals surface area contributed by atoms with Crippen LogP contribution in [0.25, 0.3) is 0 Å². The third-order valence-corrected chi connectivity index (χ3v) is 3.69. The van der Waals surface area contributed by atoms with Gasteiger partial charge in [0, 0.05) is 18.0 Å². The number of halogens is 4. The van der Waals surface area contributed by atoms with Crippen molar-refractivity contribution in [3.8, 4) is 0 Å². The van der Waals surface area contributed by atoms with Crippen molar-refractivity contribution in [1.82, 2.24) is 9.78 Å². The van der Waals surface area contributed by atoms with E-state index in [1.807, 2.05) is 0 Å². The molecule has 3 rings (SSSR count). The lowest BCUT2D eigenvalue weighted by molar-refractivity contribution is -0.0308. The molecule has 1 heterocycles. The Kier molecular flexibility index (Phi) is 2.10. The van der Waals surface area contributed by atoms with Crippen LogP contribution in [0.4, 0.5) is 17.6 Å². The summed E-state index contributed by atoms with van der Waals surface area (Å²) in [5.74, 6) is -3.98. The van der Waals surface area contributed by atoms with E-state index in [4.69, 9.17) is 0 Å². The van der Waals surface area contributed by atoms with Crippen molar-refractivity contribution < 1.29 is 17.6 Å². The van der Waals surface area contributed by atoms with Crippen LogP contribution < -0.4 is 0 Å². The molecule has 3 unspecified atom stereocenters. The smallest absolute Gasteiger partial charge is 0.263 e. The largest absolute Gasteiger partial charge is 0.293 e. The third-order valence-electron chi connectivity index (χ3n) is 3.69. The molecule has 2 aliphatic rings. The fourth-order valence-electron chi connectivity index (χ4n) is 2.84. The second-order valence-electron chi connectivity index (χ2n) is 4.66. The molecule has 6 heteroatoms. The minimum atomic E-state index is -2.93. The van der Waals surface area contributed by atoms with E-state index in [-0.39, 0.29) is 29.4 Å². The number of hydrogen-bond acceptors (Lipinski definition) is 1. The van der Waals surface area contributed by atoms with Gasteiger partial charge in [-0.2, -0.15) is 13.9 Å². The second kappa shape index (κ2) is 3.23. The minimum absolute atomic E-state index is 0.117. The maximum atomic E-state index is 13.9. The highest BCUT2D eigenvalue weighted by atomic mass is 19.3. The maximum absolute atomic E-state index is 13.9. The molecule has 0 spiro atoms. The quantitative estimate of drug-likeness (QED) is 0.751. The first-order valence-electron chi connectivity index (χ1n) is 5.71. The fraction of sp³-hybridized carbons (Fsp3) is 0.727. The predicted molar refractivity (Wildman–Crippen MR) is 52.5 cm³/mol. The molecular weight excluding hydrogens is 236 g/mol. The summed E-state index contributed by atoms with van der Waals surface area (Å²) in [4.78, 5) is 0. The average molecular weight is 248 g/mol. The van der Waals surface area contributed by atoms with Crippen LogP contribution in [-0.2, 0) is 12.5 Å². The summed E-state index contributed by atoms with van der Waals surface area (Å²) < 4.78 is 54.8. The number of nitrogens with zero attached hydrogens (tertiary/aromatic N) is 2. The van der Waals surface area contributed by atoms with E-state index in [1.165, 1.54) is 0 Å². The molecule has 0 radical (unpaired) electrons. The predicted octanol–water partition coefficient (Wildman–Crippen LogP) is 3.09. The number of rotatable bonds is 3. The van der Waals surface area contributed by atoms with E-state index >= 15 is 0 Å². The first-order chi connectivity index (χ1) is 8.02. The standard InChI is InChI=1S/C11H12F4N2/c1-2-17-10-8(9(16-17)7(13)4-12)5-3-6(5)11(10,14)15/h5-7H,2-4H2,1H3. The van der Waals surface area contributed by atoms with Crippen molar-refractivity contribution >= 4 is 0 Å². The summed E-state index contributed by atoms with van der Waals surface area (Å²) in [7, 11) is 0. The Morgan fingerprint density at radius 1 is 1.53 bits per heavy atom. The Morgan fingerprint density at radius 2 is 2.24 bits per heavy atom. The molecule has 0 bridgehead atoms. The van der Waals surface area contributed by atoms with Gasteiger partial charge in [0.15, 0.2) is 6.17 Å². The zero-order chi connectivity index (χ0) is 12.4. The summed E-state index contributed by atoms with van der Waals surface area (Å²) in [6.45, 7) is 0.701. The minimum Gasteiger partial charge on any atom is -0.263 e. The first kappa shape index (κ1) is 11.0. The molecule has 0 aromatic carbocycles.